The summed E-state index contributed by atoms with van der Waals surface area (Å²) in [6.07, 6.45) is 3.47. The highest BCUT2D eigenvalue weighted by Gasteiger charge is 2.17. The predicted molar refractivity (Wildman–Crippen MR) is 86.8 cm³/mol. The molecule has 0 aliphatic heterocycles. The van der Waals surface area contributed by atoms with Gasteiger partial charge in [0.15, 0.2) is 0 Å². The molecule has 0 bridgehead atoms. The predicted octanol–water partition coefficient (Wildman–Crippen LogP) is 1.89. The number of nitrogens with zero attached hydrogens (tertiary/aromatic N) is 6. The first-order chi connectivity index (χ1) is 11.0. The fraction of sp³-hybridized carbons (Fsp3) is 0.214. The van der Waals surface area contributed by atoms with Crippen LogP contribution in [0.5, 0.6) is 0 Å². The van der Waals surface area contributed by atoms with E-state index in [1.807, 2.05) is 18.4 Å². The molecule has 0 saturated heterocycles. The summed E-state index contributed by atoms with van der Waals surface area (Å²) in [4.78, 5) is 20.8. The van der Waals surface area contributed by atoms with E-state index in [9.17, 15) is 10.1 Å². The summed E-state index contributed by atoms with van der Waals surface area (Å²) in [5.41, 5.74) is 1.01. The molecule has 23 heavy (non-hydrogen) atoms. The van der Waals surface area contributed by atoms with Crippen molar-refractivity contribution in [3.05, 3.63) is 50.7 Å². The highest BCUT2D eigenvalue weighted by atomic mass is 35.5. The van der Waals surface area contributed by atoms with Gasteiger partial charge < -0.3 is 4.57 Å². The Morgan fingerprint density at radius 1 is 1.43 bits per heavy atom. The van der Waals surface area contributed by atoms with Crippen molar-refractivity contribution in [2.75, 3.05) is 6.26 Å². The van der Waals surface area contributed by atoms with Crippen LogP contribution in [-0.2, 0) is 6.54 Å². The molecular weight excluding hydrogens is 336 g/mol. The van der Waals surface area contributed by atoms with Crippen LogP contribution < -0.4 is 5.56 Å². The summed E-state index contributed by atoms with van der Waals surface area (Å²) in [6, 6.07) is 5.48. The lowest BCUT2D eigenvalue weighted by atomic mass is 10.2. The van der Waals surface area contributed by atoms with E-state index in [1.165, 1.54) is 16.3 Å². The molecule has 3 aromatic rings. The van der Waals surface area contributed by atoms with E-state index < -0.39 is 5.56 Å². The Kier molecular flexibility index (Phi) is 4.07. The number of fused-ring (bicyclic) bond motifs is 1. The minimum atomic E-state index is -0.460. The second kappa shape index (κ2) is 6.02. The van der Waals surface area contributed by atoms with Crippen molar-refractivity contribution >= 4 is 29.1 Å². The minimum absolute atomic E-state index is 0.0528. The van der Waals surface area contributed by atoms with E-state index in [0.717, 1.165) is 5.56 Å². The second-order valence-electron chi connectivity index (χ2n) is 4.76. The number of hydrogen-bond donors (Lipinski definition) is 0. The van der Waals surface area contributed by atoms with Crippen LogP contribution in [0.4, 0.5) is 0 Å². The van der Waals surface area contributed by atoms with Crippen LogP contribution in [0, 0.1) is 18.3 Å². The zero-order valence-electron chi connectivity index (χ0n) is 12.3. The summed E-state index contributed by atoms with van der Waals surface area (Å²) in [6.45, 7) is 2.12. The first kappa shape index (κ1) is 15.5. The Labute approximate surface area is 140 Å². The molecule has 0 saturated carbocycles. The van der Waals surface area contributed by atoms with Crippen molar-refractivity contribution in [2.45, 2.75) is 18.6 Å². The van der Waals surface area contributed by atoms with Crippen LogP contribution in [0.3, 0.4) is 0 Å². The van der Waals surface area contributed by atoms with E-state index >= 15 is 0 Å². The van der Waals surface area contributed by atoms with Crippen molar-refractivity contribution in [2.24, 2.45) is 0 Å². The lowest BCUT2D eigenvalue weighted by Crippen LogP contribution is -2.25. The van der Waals surface area contributed by atoms with Gasteiger partial charge in [-0.1, -0.05) is 29.4 Å². The molecule has 9 heteroatoms. The van der Waals surface area contributed by atoms with Crippen LogP contribution >= 0.6 is 23.4 Å². The maximum Gasteiger partial charge on any atom is 0.293 e. The number of nitriles is 1. The maximum absolute atomic E-state index is 12.3. The largest absolute Gasteiger partial charge is 0.308 e. The Morgan fingerprint density at radius 2 is 2.22 bits per heavy atom. The van der Waals surface area contributed by atoms with Crippen molar-refractivity contribution in [3.8, 4) is 6.07 Å². The number of hydrogen-bond acceptors (Lipinski definition) is 6. The number of rotatable bonds is 3. The zero-order chi connectivity index (χ0) is 16.6. The number of pyridine rings is 1. The third kappa shape index (κ3) is 2.69. The smallest absolute Gasteiger partial charge is 0.293 e. The van der Waals surface area contributed by atoms with Gasteiger partial charge in [-0.25, -0.2) is 4.98 Å². The average Bonchev–Trinajstić information content (AvgIpc) is 2.98. The molecule has 0 N–H and O–H groups in total. The number of aromatic nitrogens is 5. The van der Waals surface area contributed by atoms with Crippen LogP contribution in [0.15, 0.2) is 28.3 Å². The summed E-state index contributed by atoms with van der Waals surface area (Å²) < 4.78 is 2.94. The van der Waals surface area contributed by atoms with Gasteiger partial charge in [0.05, 0.1) is 6.54 Å². The summed E-state index contributed by atoms with van der Waals surface area (Å²) in [5.74, 6) is 0.394. The van der Waals surface area contributed by atoms with Crippen LogP contribution in [0.25, 0.3) is 5.78 Å². The molecule has 0 aliphatic carbocycles. The standard InChI is InChI=1S/C14H11ClN6OS/c1-8-10(5-16)12(22)21-14(18-13(19-21)23-2)20(8)7-9-3-4-11(15)17-6-9/h3-4,6H,7H2,1-2H3. The molecule has 0 aliphatic rings. The van der Waals surface area contributed by atoms with Gasteiger partial charge in [0.2, 0.25) is 10.9 Å². The molecule has 116 valence electrons. The fourth-order valence-electron chi connectivity index (χ4n) is 2.23. The van der Waals surface area contributed by atoms with Gasteiger partial charge in [0.1, 0.15) is 16.8 Å². The highest BCUT2D eigenvalue weighted by molar-refractivity contribution is 7.98. The first-order valence-corrected chi connectivity index (χ1v) is 8.20. The molecule has 0 radical (unpaired) electrons. The Hall–Kier alpha value is -2.37. The van der Waals surface area contributed by atoms with Crippen molar-refractivity contribution < 1.29 is 0 Å². The van der Waals surface area contributed by atoms with Gasteiger partial charge in [-0.05, 0) is 24.8 Å². The second-order valence-corrected chi connectivity index (χ2v) is 5.92. The average molecular weight is 347 g/mol. The molecule has 0 aromatic carbocycles. The van der Waals surface area contributed by atoms with E-state index in [2.05, 4.69) is 15.1 Å². The van der Waals surface area contributed by atoms with Crippen molar-refractivity contribution in [1.29, 1.82) is 5.26 Å². The van der Waals surface area contributed by atoms with Crippen molar-refractivity contribution in [1.82, 2.24) is 24.1 Å². The Balaban J connectivity index is 2.25. The van der Waals surface area contributed by atoms with E-state index in [-0.39, 0.29) is 5.56 Å². The fourth-order valence-corrected chi connectivity index (χ4v) is 2.68. The van der Waals surface area contributed by atoms with Gasteiger partial charge in [-0.3, -0.25) is 4.79 Å². The maximum atomic E-state index is 12.3. The molecule has 3 heterocycles. The Bertz CT molecular complexity index is 986. The number of halogens is 1. The Morgan fingerprint density at radius 3 is 2.83 bits per heavy atom. The molecule has 0 atom stereocenters. The zero-order valence-corrected chi connectivity index (χ0v) is 13.9. The van der Waals surface area contributed by atoms with Gasteiger partial charge in [-0.2, -0.15) is 14.8 Å². The van der Waals surface area contributed by atoms with Gasteiger partial charge in [0.25, 0.3) is 5.56 Å². The monoisotopic (exact) mass is 346 g/mol. The van der Waals surface area contributed by atoms with Gasteiger partial charge in [0, 0.05) is 11.9 Å². The van der Waals surface area contributed by atoms with Crippen molar-refractivity contribution in [3.63, 3.8) is 0 Å². The summed E-state index contributed by atoms with van der Waals surface area (Å²) in [5, 5.41) is 14.3. The summed E-state index contributed by atoms with van der Waals surface area (Å²) in [7, 11) is 0. The molecule has 3 rings (SSSR count). The molecule has 0 fully saturated rings. The SMILES string of the molecule is CSc1nc2n(Cc3ccc(Cl)nc3)c(C)c(C#N)c(=O)n2n1. The molecule has 0 spiro atoms. The number of thioether (sulfide) groups is 1. The molecular formula is C14H11ClN6OS. The van der Waals surface area contributed by atoms with Crippen LogP contribution in [0.2, 0.25) is 5.15 Å². The first-order valence-electron chi connectivity index (χ1n) is 6.60. The highest BCUT2D eigenvalue weighted by Crippen LogP contribution is 2.15. The molecule has 0 amide bonds. The normalized spacial score (nSPS) is 10.9. The third-order valence-corrected chi connectivity index (χ3v) is 4.17. The van der Waals surface area contributed by atoms with E-state index in [4.69, 9.17) is 11.6 Å². The van der Waals surface area contributed by atoms with Gasteiger partial charge in [-0.15, -0.1) is 5.10 Å². The van der Waals surface area contributed by atoms with E-state index in [0.29, 0.717) is 28.3 Å². The summed E-state index contributed by atoms with van der Waals surface area (Å²) >= 11 is 7.13. The third-order valence-electron chi connectivity index (χ3n) is 3.41. The quantitative estimate of drug-likeness (QED) is 0.531. The van der Waals surface area contributed by atoms with E-state index in [1.54, 1.807) is 23.8 Å². The molecule has 7 nitrogen and oxygen atoms in total. The molecule has 0 unspecified atom stereocenters. The van der Waals surface area contributed by atoms with Gasteiger partial charge >= 0.3 is 0 Å². The van der Waals surface area contributed by atoms with Crippen LogP contribution in [0.1, 0.15) is 16.8 Å². The van der Waals surface area contributed by atoms with Crippen LogP contribution in [-0.4, -0.2) is 30.4 Å². The minimum Gasteiger partial charge on any atom is -0.308 e. The lowest BCUT2D eigenvalue weighted by Gasteiger charge is -2.12. The lowest BCUT2D eigenvalue weighted by molar-refractivity contribution is 0.723. The topological polar surface area (TPSA) is 88.9 Å². The molecule has 3 aromatic heterocycles.